The Hall–Kier alpha value is -3.01. The fourth-order valence-corrected chi connectivity index (χ4v) is 2.52. The van der Waals surface area contributed by atoms with E-state index in [0.29, 0.717) is 17.9 Å². The molecule has 7 heteroatoms. The second kappa shape index (κ2) is 9.47. The highest BCUT2D eigenvalue weighted by Gasteiger charge is 2.21. The molecule has 0 saturated heterocycles. The zero-order chi connectivity index (χ0) is 18.9. The maximum absolute atomic E-state index is 11.8. The van der Waals surface area contributed by atoms with Gasteiger partial charge in [0.05, 0.1) is 19.1 Å². The van der Waals surface area contributed by atoms with Gasteiger partial charge in [-0.15, -0.1) is 0 Å². The Morgan fingerprint density at radius 1 is 1.46 bits per heavy atom. The van der Waals surface area contributed by atoms with Crippen molar-refractivity contribution in [3.05, 3.63) is 29.3 Å². The van der Waals surface area contributed by atoms with E-state index in [1.807, 2.05) is 32.0 Å². The molecule has 1 heterocycles. The average molecular weight is 358 g/mol. The second-order valence-corrected chi connectivity index (χ2v) is 5.76. The number of esters is 1. The first-order valence-electron chi connectivity index (χ1n) is 8.48. The summed E-state index contributed by atoms with van der Waals surface area (Å²) < 4.78 is 16.2. The Morgan fingerprint density at radius 2 is 2.27 bits per heavy atom. The maximum atomic E-state index is 11.8. The first-order valence-corrected chi connectivity index (χ1v) is 8.48. The van der Waals surface area contributed by atoms with Crippen molar-refractivity contribution in [3.63, 3.8) is 0 Å². The standard InChI is InChI=1S/C19H22N2O5/c1-3-24-16-11-15-9-13(2)26-17(15)10-14(16)5-6-19(23)25-12-18(22)21-8-4-7-20/h5-6,10-11,13H,3-4,8-9,12H2,1-2H3,(H,21,22)/b6-5+/t13-/m0/s1. The zero-order valence-electron chi connectivity index (χ0n) is 14.9. The van der Waals surface area contributed by atoms with Crippen LogP contribution in [0.3, 0.4) is 0 Å². The van der Waals surface area contributed by atoms with E-state index < -0.39 is 18.5 Å². The van der Waals surface area contributed by atoms with Crippen LogP contribution in [0, 0.1) is 11.3 Å². The van der Waals surface area contributed by atoms with E-state index in [0.717, 1.165) is 17.7 Å². The molecule has 26 heavy (non-hydrogen) atoms. The Morgan fingerprint density at radius 3 is 3.00 bits per heavy atom. The van der Waals surface area contributed by atoms with Crippen LogP contribution in [0.25, 0.3) is 6.08 Å². The van der Waals surface area contributed by atoms with E-state index in [9.17, 15) is 9.59 Å². The van der Waals surface area contributed by atoms with Gasteiger partial charge in [0.15, 0.2) is 6.61 Å². The summed E-state index contributed by atoms with van der Waals surface area (Å²) in [5.74, 6) is 0.364. The Bertz CT molecular complexity index is 736. The van der Waals surface area contributed by atoms with Gasteiger partial charge in [0.25, 0.3) is 5.91 Å². The lowest BCUT2D eigenvalue weighted by Gasteiger charge is -2.10. The van der Waals surface area contributed by atoms with Crippen molar-refractivity contribution < 1.29 is 23.8 Å². The van der Waals surface area contributed by atoms with Gasteiger partial charge in [-0.2, -0.15) is 5.26 Å². The van der Waals surface area contributed by atoms with Crippen molar-refractivity contribution in [2.45, 2.75) is 32.8 Å². The number of rotatable bonds is 8. The summed E-state index contributed by atoms with van der Waals surface area (Å²) >= 11 is 0. The number of nitriles is 1. The molecule has 1 aromatic carbocycles. The number of hydrogen-bond acceptors (Lipinski definition) is 6. The number of carbonyl (C=O) groups is 2. The molecule has 0 aliphatic carbocycles. The quantitative estimate of drug-likeness (QED) is 0.434. The van der Waals surface area contributed by atoms with Crippen LogP contribution in [0.15, 0.2) is 18.2 Å². The van der Waals surface area contributed by atoms with Crippen LogP contribution < -0.4 is 14.8 Å². The van der Waals surface area contributed by atoms with Gasteiger partial charge in [0.2, 0.25) is 0 Å². The number of hydrogen-bond donors (Lipinski definition) is 1. The molecule has 0 radical (unpaired) electrons. The van der Waals surface area contributed by atoms with Gasteiger partial charge in [-0.05, 0) is 32.1 Å². The van der Waals surface area contributed by atoms with Crippen LogP contribution in [0.2, 0.25) is 0 Å². The van der Waals surface area contributed by atoms with E-state index >= 15 is 0 Å². The number of nitrogens with zero attached hydrogens (tertiary/aromatic N) is 1. The van der Waals surface area contributed by atoms with E-state index in [1.165, 1.54) is 6.08 Å². The van der Waals surface area contributed by atoms with Crippen LogP contribution >= 0.6 is 0 Å². The van der Waals surface area contributed by atoms with Gasteiger partial charge in [0, 0.05) is 30.2 Å². The number of ether oxygens (including phenoxy) is 3. The van der Waals surface area contributed by atoms with Crippen molar-refractivity contribution in [1.82, 2.24) is 5.32 Å². The van der Waals surface area contributed by atoms with Crippen molar-refractivity contribution in [2.24, 2.45) is 0 Å². The third kappa shape index (κ3) is 5.52. The Kier molecular flexibility index (Phi) is 7.03. The van der Waals surface area contributed by atoms with Crippen molar-refractivity contribution in [3.8, 4) is 17.6 Å². The lowest BCUT2D eigenvalue weighted by atomic mass is 10.1. The van der Waals surface area contributed by atoms with Crippen molar-refractivity contribution >= 4 is 18.0 Å². The number of carbonyl (C=O) groups excluding carboxylic acids is 2. The molecule has 0 aromatic heterocycles. The van der Waals surface area contributed by atoms with Crippen molar-refractivity contribution in [2.75, 3.05) is 19.8 Å². The fourth-order valence-electron chi connectivity index (χ4n) is 2.52. The minimum Gasteiger partial charge on any atom is -0.493 e. The van der Waals surface area contributed by atoms with Crippen LogP contribution in [-0.4, -0.2) is 37.7 Å². The van der Waals surface area contributed by atoms with E-state index in [4.69, 9.17) is 19.5 Å². The molecule has 0 unspecified atom stereocenters. The molecule has 138 valence electrons. The van der Waals surface area contributed by atoms with Gasteiger partial charge in [-0.1, -0.05) is 0 Å². The smallest absolute Gasteiger partial charge is 0.331 e. The molecule has 1 atom stereocenters. The SMILES string of the molecule is CCOc1cc2c(cc1/C=C/C(=O)OCC(=O)NCCC#N)O[C@@H](C)C2. The van der Waals surface area contributed by atoms with Crippen LogP contribution in [0.5, 0.6) is 11.5 Å². The highest BCUT2D eigenvalue weighted by molar-refractivity contribution is 5.89. The average Bonchev–Trinajstić information content (AvgIpc) is 2.97. The van der Waals surface area contributed by atoms with Gasteiger partial charge < -0.3 is 19.5 Å². The molecule has 7 nitrogen and oxygen atoms in total. The molecular formula is C19H22N2O5. The van der Waals surface area contributed by atoms with E-state index in [1.54, 1.807) is 6.08 Å². The molecule has 1 amide bonds. The molecule has 1 N–H and O–H groups in total. The number of nitrogens with one attached hydrogen (secondary N) is 1. The van der Waals surface area contributed by atoms with Gasteiger partial charge >= 0.3 is 5.97 Å². The predicted octanol–water partition coefficient (Wildman–Crippen LogP) is 1.99. The third-order valence-electron chi connectivity index (χ3n) is 3.63. The largest absolute Gasteiger partial charge is 0.493 e. The lowest BCUT2D eigenvalue weighted by molar-refractivity contribution is -0.143. The van der Waals surface area contributed by atoms with Gasteiger partial charge in [0.1, 0.15) is 17.6 Å². The third-order valence-corrected chi connectivity index (χ3v) is 3.63. The summed E-state index contributed by atoms with van der Waals surface area (Å²) in [6.45, 7) is 4.23. The molecular weight excluding hydrogens is 336 g/mol. The minimum atomic E-state index is -0.641. The zero-order valence-corrected chi connectivity index (χ0v) is 14.9. The highest BCUT2D eigenvalue weighted by atomic mass is 16.5. The predicted molar refractivity (Wildman–Crippen MR) is 94.6 cm³/mol. The number of amides is 1. The van der Waals surface area contributed by atoms with Crippen LogP contribution in [0.1, 0.15) is 31.4 Å². The summed E-state index contributed by atoms with van der Waals surface area (Å²) in [5.41, 5.74) is 1.78. The van der Waals surface area contributed by atoms with Crippen molar-refractivity contribution in [1.29, 1.82) is 5.26 Å². The Balaban J connectivity index is 1.96. The topological polar surface area (TPSA) is 97.6 Å². The normalized spacial score (nSPS) is 15.0. The van der Waals surface area contributed by atoms with E-state index in [-0.39, 0.29) is 19.1 Å². The molecule has 0 bridgehead atoms. The molecule has 2 rings (SSSR count). The molecule has 1 aromatic rings. The van der Waals surface area contributed by atoms with Crippen LogP contribution in [0.4, 0.5) is 0 Å². The fraction of sp³-hybridized carbons (Fsp3) is 0.421. The molecule has 1 aliphatic heterocycles. The second-order valence-electron chi connectivity index (χ2n) is 5.76. The van der Waals surface area contributed by atoms with Crippen LogP contribution in [-0.2, 0) is 20.7 Å². The van der Waals surface area contributed by atoms with E-state index in [2.05, 4.69) is 5.32 Å². The first-order chi connectivity index (χ1) is 12.5. The van der Waals surface area contributed by atoms with Gasteiger partial charge in [-0.3, -0.25) is 4.79 Å². The summed E-state index contributed by atoms with van der Waals surface area (Å²) in [7, 11) is 0. The highest BCUT2D eigenvalue weighted by Crippen LogP contribution is 2.35. The summed E-state index contributed by atoms with van der Waals surface area (Å²) in [4.78, 5) is 23.2. The minimum absolute atomic E-state index is 0.114. The summed E-state index contributed by atoms with van der Waals surface area (Å²) in [5, 5.41) is 10.9. The Labute approximate surface area is 152 Å². The first kappa shape index (κ1) is 19.3. The molecule has 1 aliphatic rings. The van der Waals surface area contributed by atoms with Gasteiger partial charge in [-0.25, -0.2) is 4.79 Å². The maximum Gasteiger partial charge on any atom is 0.331 e. The lowest BCUT2D eigenvalue weighted by Crippen LogP contribution is -2.29. The molecule has 0 saturated carbocycles. The number of fused-ring (bicyclic) bond motifs is 1. The number of benzene rings is 1. The molecule has 0 fully saturated rings. The summed E-state index contributed by atoms with van der Waals surface area (Å²) in [6, 6.07) is 5.67. The summed E-state index contributed by atoms with van der Waals surface area (Å²) in [6.07, 6.45) is 3.96. The molecule has 0 spiro atoms. The monoisotopic (exact) mass is 358 g/mol.